The number of rotatable bonds is 1. The molecular weight excluding hydrogens is 238 g/mol. The molecule has 3 aromatic heterocycles. The first kappa shape index (κ1) is 9.99. The normalized spacial score (nSPS) is 11.4. The Morgan fingerprint density at radius 3 is 2.62 bits per heavy atom. The summed E-state index contributed by atoms with van der Waals surface area (Å²) in [6.45, 7) is 6.17. The van der Waals surface area contributed by atoms with Crippen LogP contribution in [0.1, 0.15) is 16.4 Å². The van der Waals surface area contributed by atoms with Crippen molar-refractivity contribution in [1.82, 2.24) is 14.4 Å². The van der Waals surface area contributed by atoms with Crippen LogP contribution in [0, 0.1) is 20.8 Å². The van der Waals surface area contributed by atoms with Crippen LogP contribution in [0.5, 0.6) is 0 Å². The van der Waals surface area contributed by atoms with Crippen LogP contribution in [-0.4, -0.2) is 14.4 Å². The van der Waals surface area contributed by atoms with Crippen molar-refractivity contribution in [3.8, 4) is 10.6 Å². The van der Waals surface area contributed by atoms with Gasteiger partial charge in [-0.2, -0.15) is 0 Å². The highest BCUT2D eigenvalue weighted by Crippen LogP contribution is 2.30. The van der Waals surface area contributed by atoms with Gasteiger partial charge in [-0.15, -0.1) is 22.7 Å². The Kier molecular flexibility index (Phi) is 2.12. The Hall–Kier alpha value is -1.20. The zero-order chi connectivity index (χ0) is 11.3. The second-order valence-corrected chi connectivity index (χ2v) is 5.84. The molecule has 0 N–H and O–H groups in total. The van der Waals surface area contributed by atoms with Gasteiger partial charge < -0.3 is 0 Å². The van der Waals surface area contributed by atoms with Gasteiger partial charge in [-0.1, -0.05) is 0 Å². The Balaban J connectivity index is 2.22. The van der Waals surface area contributed by atoms with E-state index in [-0.39, 0.29) is 0 Å². The summed E-state index contributed by atoms with van der Waals surface area (Å²) < 4.78 is 2.13. The number of aryl methyl sites for hydroxylation is 3. The van der Waals surface area contributed by atoms with E-state index in [1.54, 1.807) is 22.7 Å². The second-order valence-electron chi connectivity index (χ2n) is 3.80. The minimum atomic E-state index is 1.04. The lowest BCUT2D eigenvalue weighted by Crippen LogP contribution is -1.79. The Labute approximate surface area is 101 Å². The van der Waals surface area contributed by atoms with Crippen LogP contribution in [0.3, 0.4) is 0 Å². The molecule has 0 fully saturated rings. The van der Waals surface area contributed by atoms with Crippen molar-refractivity contribution in [2.45, 2.75) is 20.8 Å². The van der Waals surface area contributed by atoms with E-state index >= 15 is 0 Å². The lowest BCUT2D eigenvalue weighted by molar-refractivity contribution is 1.13. The largest absolute Gasteiger partial charge is 0.294 e. The zero-order valence-corrected chi connectivity index (χ0v) is 10.9. The molecule has 0 saturated carbocycles. The molecule has 0 unspecified atom stereocenters. The molecule has 82 valence electrons. The number of thiazole rings is 2. The summed E-state index contributed by atoms with van der Waals surface area (Å²) >= 11 is 3.39. The van der Waals surface area contributed by atoms with Gasteiger partial charge in [0, 0.05) is 17.3 Å². The van der Waals surface area contributed by atoms with Crippen LogP contribution in [0.15, 0.2) is 11.6 Å². The van der Waals surface area contributed by atoms with Crippen LogP contribution in [-0.2, 0) is 0 Å². The van der Waals surface area contributed by atoms with E-state index in [0.717, 1.165) is 21.4 Å². The van der Waals surface area contributed by atoms with Crippen molar-refractivity contribution < 1.29 is 0 Å². The number of aromatic nitrogens is 3. The van der Waals surface area contributed by atoms with E-state index in [2.05, 4.69) is 32.9 Å². The molecule has 0 aliphatic carbocycles. The van der Waals surface area contributed by atoms with E-state index in [0.29, 0.717) is 0 Å². The lowest BCUT2D eigenvalue weighted by Gasteiger charge is -1.90. The fraction of sp³-hybridized carbons (Fsp3) is 0.273. The van der Waals surface area contributed by atoms with Crippen LogP contribution in [0.4, 0.5) is 0 Å². The molecule has 5 heteroatoms. The molecule has 0 aromatic carbocycles. The minimum absolute atomic E-state index is 1.04. The maximum atomic E-state index is 4.63. The molecular formula is C11H11N3S2. The highest BCUT2D eigenvalue weighted by Gasteiger charge is 2.12. The third kappa shape index (κ3) is 1.39. The summed E-state index contributed by atoms with van der Waals surface area (Å²) in [6.07, 6.45) is 2.10. The molecule has 16 heavy (non-hydrogen) atoms. The number of fused-ring (bicyclic) bond motifs is 1. The molecule has 0 amide bonds. The third-order valence-corrected chi connectivity index (χ3v) is 4.58. The maximum Gasteiger partial charge on any atom is 0.194 e. The molecule has 3 rings (SSSR count). The van der Waals surface area contributed by atoms with Gasteiger partial charge in [0.05, 0.1) is 15.6 Å². The molecule has 0 atom stereocenters. The number of nitrogens with zero attached hydrogens (tertiary/aromatic N) is 3. The second kappa shape index (κ2) is 3.40. The summed E-state index contributed by atoms with van der Waals surface area (Å²) in [5.41, 5.74) is 3.35. The Morgan fingerprint density at radius 2 is 2.00 bits per heavy atom. The van der Waals surface area contributed by atoms with Gasteiger partial charge in [0.25, 0.3) is 0 Å². The fourth-order valence-corrected chi connectivity index (χ4v) is 3.50. The Morgan fingerprint density at radius 1 is 1.19 bits per heavy atom. The predicted octanol–water partition coefficient (Wildman–Crippen LogP) is 3.44. The van der Waals surface area contributed by atoms with Crippen molar-refractivity contribution in [1.29, 1.82) is 0 Å². The quantitative estimate of drug-likeness (QED) is 0.661. The van der Waals surface area contributed by atoms with Gasteiger partial charge in [0.2, 0.25) is 0 Å². The summed E-state index contributed by atoms with van der Waals surface area (Å²) in [6, 6.07) is 0. The standard InChI is InChI=1S/C11H11N3S2/c1-6-5-15-11-13-9(4-14(6)11)10-7(2)12-8(3)16-10/h4-5H,1-3H3. The van der Waals surface area contributed by atoms with Gasteiger partial charge in [-0.3, -0.25) is 4.40 Å². The summed E-state index contributed by atoms with van der Waals surface area (Å²) in [5, 5.41) is 3.22. The molecule has 3 heterocycles. The summed E-state index contributed by atoms with van der Waals surface area (Å²) in [4.78, 5) is 11.3. The highest BCUT2D eigenvalue weighted by molar-refractivity contribution is 7.16. The van der Waals surface area contributed by atoms with Gasteiger partial charge in [0.1, 0.15) is 5.69 Å². The minimum Gasteiger partial charge on any atom is -0.294 e. The fourth-order valence-electron chi connectivity index (χ4n) is 1.77. The number of imidazole rings is 1. The van der Waals surface area contributed by atoms with Crippen molar-refractivity contribution in [3.05, 3.63) is 28.0 Å². The first-order valence-corrected chi connectivity index (χ1v) is 6.72. The van der Waals surface area contributed by atoms with E-state index in [1.807, 2.05) is 13.8 Å². The van der Waals surface area contributed by atoms with Crippen LogP contribution in [0.25, 0.3) is 15.5 Å². The summed E-state index contributed by atoms with van der Waals surface area (Å²) in [5.74, 6) is 0. The molecule has 0 bridgehead atoms. The van der Waals surface area contributed by atoms with Crippen molar-refractivity contribution in [3.63, 3.8) is 0 Å². The highest BCUT2D eigenvalue weighted by atomic mass is 32.1. The average Bonchev–Trinajstić information content (AvgIpc) is 2.84. The van der Waals surface area contributed by atoms with E-state index in [4.69, 9.17) is 0 Å². The molecule has 0 radical (unpaired) electrons. The van der Waals surface area contributed by atoms with Crippen LogP contribution in [0.2, 0.25) is 0 Å². The van der Waals surface area contributed by atoms with Crippen molar-refractivity contribution >= 4 is 27.6 Å². The first-order chi connectivity index (χ1) is 7.65. The monoisotopic (exact) mass is 249 g/mol. The Bertz CT molecular complexity index is 660. The predicted molar refractivity (Wildman–Crippen MR) is 68.4 cm³/mol. The maximum absolute atomic E-state index is 4.63. The van der Waals surface area contributed by atoms with Crippen molar-refractivity contribution in [2.75, 3.05) is 0 Å². The van der Waals surface area contributed by atoms with E-state index in [9.17, 15) is 0 Å². The molecule has 3 aromatic rings. The van der Waals surface area contributed by atoms with Gasteiger partial charge in [-0.25, -0.2) is 9.97 Å². The number of hydrogen-bond acceptors (Lipinski definition) is 4. The van der Waals surface area contributed by atoms with Crippen molar-refractivity contribution in [2.24, 2.45) is 0 Å². The molecule has 0 aliphatic heterocycles. The lowest BCUT2D eigenvalue weighted by atomic mass is 10.3. The number of hydrogen-bond donors (Lipinski definition) is 0. The molecule has 0 saturated heterocycles. The van der Waals surface area contributed by atoms with Crippen LogP contribution < -0.4 is 0 Å². The van der Waals surface area contributed by atoms with Crippen LogP contribution >= 0.6 is 22.7 Å². The molecule has 0 spiro atoms. The van der Waals surface area contributed by atoms with E-state index in [1.165, 1.54) is 10.6 Å². The SMILES string of the molecule is Cc1nc(C)c(-c2cn3c(C)csc3n2)s1. The van der Waals surface area contributed by atoms with E-state index < -0.39 is 0 Å². The topological polar surface area (TPSA) is 30.2 Å². The average molecular weight is 249 g/mol. The molecule has 0 aliphatic rings. The smallest absolute Gasteiger partial charge is 0.194 e. The molecule has 3 nitrogen and oxygen atoms in total. The zero-order valence-electron chi connectivity index (χ0n) is 9.31. The van der Waals surface area contributed by atoms with Gasteiger partial charge in [-0.05, 0) is 20.8 Å². The summed E-state index contributed by atoms with van der Waals surface area (Å²) in [7, 11) is 0. The van der Waals surface area contributed by atoms with Gasteiger partial charge >= 0.3 is 0 Å². The van der Waals surface area contributed by atoms with Gasteiger partial charge in [0.15, 0.2) is 4.96 Å². The first-order valence-electron chi connectivity index (χ1n) is 5.03. The third-order valence-electron chi connectivity index (χ3n) is 2.52.